The van der Waals surface area contributed by atoms with Crippen molar-refractivity contribution >= 4 is 16.8 Å². The summed E-state index contributed by atoms with van der Waals surface area (Å²) in [6, 6.07) is 6.25. The summed E-state index contributed by atoms with van der Waals surface area (Å²) in [5.74, 6) is -0.393. The number of benzene rings is 1. The number of halogens is 1. The molecular weight excluding hydrogens is 207 g/mol. The van der Waals surface area contributed by atoms with E-state index in [0.29, 0.717) is 12.1 Å². The van der Waals surface area contributed by atoms with Crippen LogP contribution in [0.2, 0.25) is 0 Å². The van der Waals surface area contributed by atoms with Crippen LogP contribution in [0.15, 0.2) is 30.5 Å². The first kappa shape index (κ1) is 10.8. The molecule has 0 amide bonds. The van der Waals surface area contributed by atoms with Crippen molar-refractivity contribution < 1.29 is 9.18 Å². The molecule has 1 heterocycles. The van der Waals surface area contributed by atoms with E-state index in [-0.39, 0.29) is 11.7 Å². The van der Waals surface area contributed by atoms with Gasteiger partial charge in [0.1, 0.15) is 5.82 Å². The Hall–Kier alpha value is -1.68. The Kier molecular flexibility index (Phi) is 2.75. The number of carbonyl (C=O) groups excluding carboxylic acids is 1. The molecule has 0 unspecified atom stereocenters. The number of rotatable bonds is 2. The highest BCUT2D eigenvalue weighted by atomic mass is 19.1. The molecule has 0 fully saturated rings. The Balaban J connectivity index is 2.44. The highest BCUT2D eigenvalue weighted by Gasteiger charge is 2.10. The predicted octanol–water partition coefficient (Wildman–Crippen LogP) is 1.98. The van der Waals surface area contributed by atoms with Gasteiger partial charge in [0.2, 0.25) is 5.91 Å². The number of carbonyl (C=O) groups is 1. The zero-order valence-electron chi connectivity index (χ0n) is 9.27. The maximum absolute atomic E-state index is 13.1. The van der Waals surface area contributed by atoms with Crippen LogP contribution in [0.1, 0.15) is 4.79 Å². The van der Waals surface area contributed by atoms with Gasteiger partial charge in [-0.05, 0) is 38.4 Å². The van der Waals surface area contributed by atoms with E-state index in [1.807, 2.05) is 20.2 Å². The highest BCUT2D eigenvalue weighted by molar-refractivity contribution is 5.93. The fourth-order valence-electron chi connectivity index (χ4n) is 1.67. The molecule has 2 rings (SSSR count). The topological polar surface area (TPSA) is 25.2 Å². The SMILES string of the molecule is CN(C)CC(=O)n1ccc2ccc(F)cc21. The van der Waals surface area contributed by atoms with Gasteiger partial charge in [0.15, 0.2) is 0 Å². The summed E-state index contributed by atoms with van der Waals surface area (Å²) in [4.78, 5) is 13.6. The van der Waals surface area contributed by atoms with Crippen LogP contribution < -0.4 is 0 Å². The van der Waals surface area contributed by atoms with Crippen LogP contribution in [0.4, 0.5) is 4.39 Å². The van der Waals surface area contributed by atoms with E-state index in [9.17, 15) is 9.18 Å². The smallest absolute Gasteiger partial charge is 0.245 e. The van der Waals surface area contributed by atoms with Crippen molar-refractivity contribution in [3.05, 3.63) is 36.3 Å². The lowest BCUT2D eigenvalue weighted by Gasteiger charge is -2.09. The number of hydrogen-bond donors (Lipinski definition) is 0. The Morgan fingerprint density at radius 1 is 1.38 bits per heavy atom. The van der Waals surface area contributed by atoms with E-state index in [2.05, 4.69) is 0 Å². The summed E-state index contributed by atoms with van der Waals surface area (Å²) in [5, 5.41) is 0.869. The fraction of sp³-hybridized carbons (Fsp3) is 0.250. The highest BCUT2D eigenvalue weighted by Crippen LogP contribution is 2.16. The molecule has 0 saturated carbocycles. The maximum Gasteiger partial charge on any atom is 0.245 e. The molecule has 2 aromatic rings. The molecule has 0 atom stereocenters. The zero-order valence-corrected chi connectivity index (χ0v) is 9.27. The normalized spacial score (nSPS) is 11.2. The first-order chi connectivity index (χ1) is 7.58. The second-order valence-electron chi connectivity index (χ2n) is 4.02. The second-order valence-corrected chi connectivity index (χ2v) is 4.02. The predicted molar refractivity (Wildman–Crippen MR) is 61.1 cm³/mol. The third-order valence-electron chi connectivity index (χ3n) is 2.38. The summed E-state index contributed by atoms with van der Waals surface area (Å²) in [7, 11) is 3.65. The molecule has 0 aliphatic carbocycles. The third-order valence-corrected chi connectivity index (χ3v) is 2.38. The zero-order chi connectivity index (χ0) is 11.7. The molecule has 4 heteroatoms. The van der Waals surface area contributed by atoms with Gasteiger partial charge in [-0.25, -0.2) is 4.39 Å². The van der Waals surface area contributed by atoms with E-state index < -0.39 is 0 Å². The van der Waals surface area contributed by atoms with Crippen LogP contribution >= 0.6 is 0 Å². The molecule has 0 spiro atoms. The average molecular weight is 220 g/mol. The van der Waals surface area contributed by atoms with Gasteiger partial charge in [-0.3, -0.25) is 9.36 Å². The summed E-state index contributed by atoms with van der Waals surface area (Å²) in [5.41, 5.74) is 0.617. The lowest BCUT2D eigenvalue weighted by molar-refractivity contribution is 0.0882. The monoisotopic (exact) mass is 220 g/mol. The summed E-state index contributed by atoms with van der Waals surface area (Å²) in [6.45, 7) is 0.306. The van der Waals surface area contributed by atoms with Crippen molar-refractivity contribution in [1.82, 2.24) is 9.47 Å². The number of hydrogen-bond acceptors (Lipinski definition) is 2. The molecule has 0 aliphatic rings. The van der Waals surface area contributed by atoms with Crippen molar-refractivity contribution in [2.24, 2.45) is 0 Å². The Labute approximate surface area is 93.1 Å². The number of nitrogens with zero attached hydrogens (tertiary/aromatic N) is 2. The van der Waals surface area contributed by atoms with E-state index in [4.69, 9.17) is 0 Å². The molecule has 1 aromatic carbocycles. The van der Waals surface area contributed by atoms with E-state index in [1.165, 1.54) is 16.7 Å². The Morgan fingerprint density at radius 3 is 2.81 bits per heavy atom. The number of likely N-dealkylation sites (N-methyl/N-ethyl adjacent to an activating group) is 1. The first-order valence-corrected chi connectivity index (χ1v) is 5.02. The van der Waals surface area contributed by atoms with Crippen LogP contribution in [0.25, 0.3) is 10.9 Å². The summed E-state index contributed by atoms with van der Waals surface area (Å²) in [6.07, 6.45) is 1.68. The van der Waals surface area contributed by atoms with Gasteiger partial charge in [0.25, 0.3) is 0 Å². The molecular formula is C12H13FN2O. The quantitative estimate of drug-likeness (QED) is 0.773. The first-order valence-electron chi connectivity index (χ1n) is 5.02. The number of fused-ring (bicyclic) bond motifs is 1. The molecule has 0 bridgehead atoms. The van der Waals surface area contributed by atoms with Crippen LogP contribution in [0.5, 0.6) is 0 Å². The largest absolute Gasteiger partial charge is 0.301 e. The lowest BCUT2D eigenvalue weighted by atomic mass is 10.2. The van der Waals surface area contributed by atoms with Crippen molar-refractivity contribution in [3.63, 3.8) is 0 Å². The van der Waals surface area contributed by atoms with Gasteiger partial charge in [0, 0.05) is 11.6 Å². The molecule has 16 heavy (non-hydrogen) atoms. The van der Waals surface area contributed by atoms with E-state index in [0.717, 1.165) is 5.39 Å². The van der Waals surface area contributed by atoms with Crippen molar-refractivity contribution in [2.45, 2.75) is 0 Å². The molecule has 0 aliphatic heterocycles. The van der Waals surface area contributed by atoms with Gasteiger partial charge in [-0.2, -0.15) is 0 Å². The molecule has 0 radical (unpaired) electrons. The minimum Gasteiger partial charge on any atom is -0.301 e. The molecule has 0 N–H and O–H groups in total. The van der Waals surface area contributed by atoms with Gasteiger partial charge < -0.3 is 4.90 Å². The fourth-order valence-corrected chi connectivity index (χ4v) is 1.67. The minimum absolute atomic E-state index is 0.0643. The standard InChI is InChI=1S/C12H13FN2O/c1-14(2)8-12(16)15-6-5-9-3-4-10(13)7-11(9)15/h3-7H,8H2,1-2H3. The Morgan fingerprint density at radius 2 is 2.12 bits per heavy atom. The summed E-state index contributed by atoms with van der Waals surface area (Å²) >= 11 is 0. The number of aromatic nitrogens is 1. The molecule has 84 valence electrons. The molecule has 3 nitrogen and oxygen atoms in total. The second kappa shape index (κ2) is 4.06. The van der Waals surface area contributed by atoms with Crippen LogP contribution in [0.3, 0.4) is 0 Å². The summed E-state index contributed by atoms with van der Waals surface area (Å²) < 4.78 is 14.6. The molecule has 1 aromatic heterocycles. The third kappa shape index (κ3) is 1.97. The lowest BCUT2D eigenvalue weighted by Crippen LogP contribution is -2.25. The van der Waals surface area contributed by atoms with Gasteiger partial charge in [0.05, 0.1) is 12.1 Å². The average Bonchev–Trinajstić information content (AvgIpc) is 2.59. The maximum atomic E-state index is 13.1. The van der Waals surface area contributed by atoms with Crippen LogP contribution in [0, 0.1) is 5.82 Å². The Bertz CT molecular complexity index is 531. The van der Waals surface area contributed by atoms with E-state index in [1.54, 1.807) is 17.2 Å². The van der Waals surface area contributed by atoms with Gasteiger partial charge >= 0.3 is 0 Å². The van der Waals surface area contributed by atoms with Crippen molar-refractivity contribution in [3.8, 4) is 0 Å². The van der Waals surface area contributed by atoms with Gasteiger partial charge in [-0.15, -0.1) is 0 Å². The molecule has 0 saturated heterocycles. The van der Waals surface area contributed by atoms with Crippen molar-refractivity contribution in [2.75, 3.05) is 20.6 Å². The minimum atomic E-state index is -0.329. The van der Waals surface area contributed by atoms with E-state index >= 15 is 0 Å². The van der Waals surface area contributed by atoms with Crippen molar-refractivity contribution in [1.29, 1.82) is 0 Å². The van der Waals surface area contributed by atoms with Gasteiger partial charge in [-0.1, -0.05) is 0 Å². The van der Waals surface area contributed by atoms with Crippen LogP contribution in [-0.2, 0) is 0 Å². The van der Waals surface area contributed by atoms with Crippen LogP contribution in [-0.4, -0.2) is 36.0 Å².